The molecule has 2 atom stereocenters. The normalized spacial score (nSPS) is 13.8. The van der Waals surface area contributed by atoms with Crippen LogP contribution in [0, 0.1) is 0 Å². The van der Waals surface area contributed by atoms with E-state index in [4.69, 9.17) is 18.5 Å². The Morgan fingerprint density at radius 1 is 0.516 bits per heavy atom. The predicted octanol–water partition coefficient (Wildman–Crippen LogP) is 14.4. The van der Waals surface area contributed by atoms with Crippen molar-refractivity contribution >= 4 is 19.8 Å². The van der Waals surface area contributed by atoms with E-state index in [9.17, 15) is 19.0 Å². The van der Waals surface area contributed by atoms with E-state index in [2.05, 4.69) is 62.5 Å². The van der Waals surface area contributed by atoms with Gasteiger partial charge in [-0.1, -0.05) is 191 Å². The summed E-state index contributed by atoms with van der Waals surface area (Å²) in [7, 11) is 1.14. The fourth-order valence-electron chi connectivity index (χ4n) is 6.91. The molecule has 0 aliphatic carbocycles. The van der Waals surface area contributed by atoms with E-state index in [1.807, 2.05) is 21.1 Å². The summed E-state index contributed by atoms with van der Waals surface area (Å²) in [5.74, 6) is -0.888. The summed E-state index contributed by atoms with van der Waals surface area (Å²) >= 11 is 0. The fourth-order valence-corrected chi connectivity index (χ4v) is 7.64. The molecule has 362 valence electrons. The van der Waals surface area contributed by atoms with Gasteiger partial charge in [0.1, 0.15) is 19.8 Å². The van der Waals surface area contributed by atoms with Crippen LogP contribution in [0.25, 0.3) is 0 Å². The largest absolute Gasteiger partial charge is 0.756 e. The highest BCUT2D eigenvalue weighted by atomic mass is 31.2. The number of nitrogens with zero attached hydrogens (tertiary/aromatic N) is 1. The number of rotatable bonds is 46. The Labute approximate surface area is 382 Å². The Kier molecular flexibility index (Phi) is 42.7. The Hall–Kier alpha value is -2.03. The van der Waals surface area contributed by atoms with Crippen molar-refractivity contribution in [2.45, 2.75) is 225 Å². The number of quaternary nitrogens is 1. The van der Waals surface area contributed by atoms with Crippen molar-refractivity contribution in [1.82, 2.24) is 0 Å². The molecule has 0 amide bonds. The van der Waals surface area contributed by atoms with E-state index >= 15 is 0 Å². The maximum Gasteiger partial charge on any atom is 0.306 e. The number of hydrogen-bond acceptors (Lipinski definition) is 8. The van der Waals surface area contributed by atoms with Gasteiger partial charge >= 0.3 is 11.9 Å². The molecule has 9 nitrogen and oxygen atoms in total. The molecule has 0 saturated heterocycles. The first-order chi connectivity index (χ1) is 30.0. The lowest BCUT2D eigenvalue weighted by Crippen LogP contribution is -2.37. The molecule has 10 heteroatoms. The van der Waals surface area contributed by atoms with Gasteiger partial charge < -0.3 is 27.9 Å². The van der Waals surface area contributed by atoms with Gasteiger partial charge in [0.05, 0.1) is 27.7 Å². The summed E-state index contributed by atoms with van der Waals surface area (Å²) in [4.78, 5) is 37.6. The lowest BCUT2D eigenvalue weighted by molar-refractivity contribution is -0.870. The van der Waals surface area contributed by atoms with Crippen LogP contribution in [0.3, 0.4) is 0 Å². The van der Waals surface area contributed by atoms with E-state index in [1.54, 1.807) is 0 Å². The molecule has 0 saturated carbocycles. The molecule has 0 aromatic carbocycles. The Morgan fingerprint density at radius 2 is 0.935 bits per heavy atom. The van der Waals surface area contributed by atoms with Gasteiger partial charge in [-0.25, -0.2) is 0 Å². The lowest BCUT2D eigenvalue weighted by Gasteiger charge is -2.28. The minimum atomic E-state index is -4.64. The van der Waals surface area contributed by atoms with Gasteiger partial charge in [-0.3, -0.25) is 14.2 Å². The second-order valence-electron chi connectivity index (χ2n) is 18.1. The molecule has 0 heterocycles. The van der Waals surface area contributed by atoms with Crippen LogP contribution in [0.2, 0.25) is 0 Å². The van der Waals surface area contributed by atoms with E-state index in [1.165, 1.54) is 116 Å². The highest BCUT2D eigenvalue weighted by Gasteiger charge is 2.21. The fraction of sp³-hybridized carbons (Fsp3) is 0.808. The molecule has 1 unspecified atom stereocenters. The number of carbonyl (C=O) groups excluding carboxylic acids is 2. The number of unbranched alkanes of at least 4 members (excludes halogenated alkanes) is 24. The van der Waals surface area contributed by atoms with Crippen LogP contribution >= 0.6 is 7.82 Å². The third-order valence-corrected chi connectivity index (χ3v) is 11.8. The zero-order valence-corrected chi connectivity index (χ0v) is 41.7. The van der Waals surface area contributed by atoms with Crippen LogP contribution in [0.1, 0.15) is 219 Å². The summed E-state index contributed by atoms with van der Waals surface area (Å²) in [6.07, 6.45) is 53.0. The average molecular weight is 894 g/mol. The molecule has 0 spiro atoms. The van der Waals surface area contributed by atoms with E-state index < -0.39 is 32.5 Å². The molecule has 62 heavy (non-hydrogen) atoms. The predicted molar refractivity (Wildman–Crippen MR) is 259 cm³/mol. The van der Waals surface area contributed by atoms with Crippen molar-refractivity contribution in [3.63, 3.8) is 0 Å². The zero-order valence-electron chi connectivity index (χ0n) is 40.8. The average Bonchev–Trinajstić information content (AvgIpc) is 3.23. The molecule has 0 radical (unpaired) electrons. The molecule has 0 aliphatic rings. The van der Waals surface area contributed by atoms with E-state index in [0.29, 0.717) is 23.9 Å². The molecule has 0 N–H and O–H groups in total. The highest BCUT2D eigenvalue weighted by Crippen LogP contribution is 2.38. The van der Waals surface area contributed by atoms with Gasteiger partial charge in [-0.15, -0.1) is 0 Å². The number of carbonyl (C=O) groups is 2. The Bertz CT molecular complexity index is 1190. The van der Waals surface area contributed by atoms with Crippen LogP contribution < -0.4 is 4.89 Å². The molecule has 0 aliphatic heterocycles. The number of esters is 2. The van der Waals surface area contributed by atoms with Crippen molar-refractivity contribution < 1.29 is 42.1 Å². The molecule has 0 fully saturated rings. The monoisotopic (exact) mass is 894 g/mol. The van der Waals surface area contributed by atoms with Crippen LogP contribution in [0.5, 0.6) is 0 Å². The van der Waals surface area contributed by atoms with Gasteiger partial charge in [0.15, 0.2) is 6.10 Å². The van der Waals surface area contributed by atoms with Crippen molar-refractivity contribution in [2.24, 2.45) is 0 Å². The summed E-state index contributed by atoms with van der Waals surface area (Å²) < 4.78 is 33.9. The molecular formula is C52H96NO8P. The molecule has 0 aromatic rings. The number of phosphoric acid groups is 1. The highest BCUT2D eigenvalue weighted by molar-refractivity contribution is 7.45. The summed E-state index contributed by atoms with van der Waals surface area (Å²) in [5, 5.41) is 0. The minimum Gasteiger partial charge on any atom is -0.756 e. The van der Waals surface area contributed by atoms with Gasteiger partial charge in [-0.05, 0) is 64.2 Å². The molecule has 0 bridgehead atoms. The third kappa shape index (κ3) is 47.4. The standard InChI is InChI=1S/C52H96NO8P/c1-6-8-10-12-14-16-18-20-22-23-24-25-26-27-28-29-31-32-34-36-38-40-42-44-51(54)58-48-50(49-60-62(56,57)59-47-46-53(3,4)5)61-52(55)45-43-41-39-37-35-33-30-21-19-17-15-13-11-9-7-2/h9,11,15,17,21,30,36,38,50H,6-8,10,12-14,16,18-20,22-29,31-35,37,39-49H2,1-5H3/b11-9+,17-15+,30-21+,38-36+/t50-/m0/s1. The van der Waals surface area contributed by atoms with Gasteiger partial charge in [0.25, 0.3) is 7.82 Å². The van der Waals surface area contributed by atoms with Crippen LogP contribution in [0.4, 0.5) is 0 Å². The van der Waals surface area contributed by atoms with Gasteiger partial charge in [0.2, 0.25) is 0 Å². The third-order valence-electron chi connectivity index (χ3n) is 10.8. The Morgan fingerprint density at radius 3 is 1.44 bits per heavy atom. The van der Waals surface area contributed by atoms with Crippen molar-refractivity contribution in [1.29, 1.82) is 0 Å². The van der Waals surface area contributed by atoms with Crippen LogP contribution in [-0.4, -0.2) is 70.0 Å². The van der Waals surface area contributed by atoms with Gasteiger partial charge in [-0.2, -0.15) is 0 Å². The summed E-state index contributed by atoms with van der Waals surface area (Å²) in [6, 6.07) is 0. The number of likely N-dealkylation sites (N-methyl/N-ethyl adjacent to an activating group) is 1. The van der Waals surface area contributed by atoms with E-state index in [-0.39, 0.29) is 26.1 Å². The van der Waals surface area contributed by atoms with Crippen LogP contribution in [0.15, 0.2) is 48.6 Å². The number of allylic oxidation sites excluding steroid dienone is 8. The lowest BCUT2D eigenvalue weighted by atomic mass is 10.0. The SMILES string of the molecule is CC/C=C/C/C=C/C/C=C/CCCCCCCC(=O)O[C@@H](COC(=O)CCC/C=C/CCCCCCCCCCCCCCCCCCCC)COP(=O)([O-])OCC[N+](C)(C)C. The first-order valence-electron chi connectivity index (χ1n) is 25.3. The van der Waals surface area contributed by atoms with E-state index in [0.717, 1.165) is 64.2 Å². The zero-order chi connectivity index (χ0) is 45.7. The summed E-state index contributed by atoms with van der Waals surface area (Å²) in [5.41, 5.74) is 0. The second kappa shape index (κ2) is 44.2. The summed E-state index contributed by atoms with van der Waals surface area (Å²) in [6.45, 7) is 4.09. The quantitative estimate of drug-likeness (QED) is 0.0195. The van der Waals surface area contributed by atoms with Gasteiger partial charge in [0, 0.05) is 12.8 Å². The molecule has 0 aromatic heterocycles. The topological polar surface area (TPSA) is 111 Å². The maximum absolute atomic E-state index is 12.7. The first-order valence-corrected chi connectivity index (χ1v) is 26.8. The van der Waals surface area contributed by atoms with Crippen LogP contribution in [-0.2, 0) is 32.7 Å². The van der Waals surface area contributed by atoms with Crippen molar-refractivity contribution in [2.75, 3.05) is 47.5 Å². The van der Waals surface area contributed by atoms with Crippen molar-refractivity contribution in [3.05, 3.63) is 48.6 Å². The minimum absolute atomic E-state index is 0.0391. The second-order valence-corrected chi connectivity index (χ2v) is 19.6. The first kappa shape index (κ1) is 60.0. The smallest absolute Gasteiger partial charge is 0.306 e. The molecular weight excluding hydrogens is 798 g/mol. The number of ether oxygens (including phenoxy) is 2. The molecule has 0 rings (SSSR count). The maximum atomic E-state index is 12.7. The Balaban J connectivity index is 4.25. The number of phosphoric ester groups is 1. The van der Waals surface area contributed by atoms with Crippen molar-refractivity contribution in [3.8, 4) is 0 Å². The number of hydrogen-bond donors (Lipinski definition) is 0.